The molecular formula is C12H12F18O8S2. The van der Waals surface area contributed by atoms with Gasteiger partial charge in [-0.1, -0.05) is 0 Å². The SMILES string of the molecule is O=S(=O)(O)C(C(F)(F)F)(C(F)(F)F)C(F)(F)F.O=S(=O)(O)C(C(F)(F)F)(C(F)(F)F)C(F)(F)F.OCCCCO. The van der Waals surface area contributed by atoms with Gasteiger partial charge in [0.05, 0.1) is 0 Å². The van der Waals surface area contributed by atoms with Crippen molar-refractivity contribution in [2.75, 3.05) is 13.2 Å². The van der Waals surface area contributed by atoms with Gasteiger partial charge in [0.2, 0.25) is 0 Å². The first kappa shape index (κ1) is 42.9. The predicted octanol–water partition coefficient (Wildman–Crippen LogP) is 4.35. The molecule has 0 bridgehead atoms. The summed E-state index contributed by atoms with van der Waals surface area (Å²) in [7, 11) is -15.1. The number of hydrogen-bond donors (Lipinski definition) is 4. The predicted molar refractivity (Wildman–Crippen MR) is 88.3 cm³/mol. The molecule has 8 nitrogen and oxygen atoms in total. The van der Waals surface area contributed by atoms with Crippen molar-refractivity contribution >= 4 is 20.2 Å². The molecule has 0 fully saturated rings. The second-order valence-corrected chi connectivity index (χ2v) is 9.58. The van der Waals surface area contributed by atoms with E-state index in [0.29, 0.717) is 0 Å². The molecule has 0 unspecified atom stereocenters. The molecule has 0 rings (SSSR count). The Labute approximate surface area is 209 Å². The molecule has 0 radical (unpaired) electrons. The molecule has 28 heteroatoms. The minimum Gasteiger partial charge on any atom is -0.396 e. The lowest BCUT2D eigenvalue weighted by atomic mass is 10.1. The van der Waals surface area contributed by atoms with Gasteiger partial charge in [0.25, 0.3) is 20.2 Å². The lowest BCUT2D eigenvalue weighted by molar-refractivity contribution is -0.351. The van der Waals surface area contributed by atoms with Gasteiger partial charge in [-0.25, -0.2) is 0 Å². The normalized spacial score (nSPS) is 15.1. The van der Waals surface area contributed by atoms with Gasteiger partial charge in [-0.2, -0.15) is 95.9 Å². The summed E-state index contributed by atoms with van der Waals surface area (Å²) in [5.74, 6) is 0. The van der Waals surface area contributed by atoms with Crippen LogP contribution in [-0.2, 0) is 20.2 Å². The summed E-state index contributed by atoms with van der Waals surface area (Å²) in [6.07, 6.45) is -42.5. The molecule has 0 aromatic rings. The smallest absolute Gasteiger partial charge is 0.396 e. The molecule has 0 amide bonds. The Hall–Kier alpha value is -1.52. The molecule has 4 N–H and O–H groups in total. The van der Waals surface area contributed by atoms with Gasteiger partial charge < -0.3 is 10.2 Å². The Morgan fingerprint density at radius 1 is 0.375 bits per heavy atom. The van der Waals surface area contributed by atoms with Gasteiger partial charge in [0.15, 0.2) is 0 Å². The molecule has 0 atom stereocenters. The Balaban J connectivity index is -0.000000569. The van der Waals surface area contributed by atoms with E-state index in [1.165, 1.54) is 0 Å². The van der Waals surface area contributed by atoms with Crippen LogP contribution in [0.3, 0.4) is 0 Å². The number of aliphatic hydroxyl groups is 2. The van der Waals surface area contributed by atoms with Crippen LogP contribution in [0, 0.1) is 0 Å². The van der Waals surface area contributed by atoms with Gasteiger partial charge in [0.1, 0.15) is 0 Å². The van der Waals surface area contributed by atoms with E-state index >= 15 is 0 Å². The van der Waals surface area contributed by atoms with Crippen molar-refractivity contribution in [3.63, 3.8) is 0 Å². The number of aliphatic hydroxyl groups excluding tert-OH is 2. The lowest BCUT2D eigenvalue weighted by Crippen LogP contribution is -2.70. The van der Waals surface area contributed by atoms with Crippen molar-refractivity contribution in [1.29, 1.82) is 0 Å². The summed E-state index contributed by atoms with van der Waals surface area (Å²) in [4.78, 5) is 0. The van der Waals surface area contributed by atoms with E-state index in [2.05, 4.69) is 0 Å². The van der Waals surface area contributed by atoms with Gasteiger partial charge in [-0.3, -0.25) is 9.11 Å². The molecule has 0 aliphatic rings. The lowest BCUT2D eigenvalue weighted by Gasteiger charge is -2.35. The van der Waals surface area contributed by atoms with Crippen molar-refractivity contribution in [3.8, 4) is 0 Å². The topological polar surface area (TPSA) is 149 Å². The fourth-order valence-corrected chi connectivity index (χ4v) is 3.82. The van der Waals surface area contributed by atoms with Crippen LogP contribution in [0.4, 0.5) is 79.0 Å². The van der Waals surface area contributed by atoms with Gasteiger partial charge in [-0.05, 0) is 12.8 Å². The highest BCUT2D eigenvalue weighted by Gasteiger charge is 2.92. The molecule has 246 valence electrons. The molecule has 0 saturated carbocycles. The average molecular weight is 690 g/mol. The van der Waals surface area contributed by atoms with Crippen LogP contribution in [-0.4, -0.2) is 95.9 Å². The van der Waals surface area contributed by atoms with Crippen molar-refractivity contribution in [2.24, 2.45) is 0 Å². The first-order valence-electron chi connectivity index (χ1n) is 8.47. The van der Waals surface area contributed by atoms with Crippen LogP contribution in [0.2, 0.25) is 0 Å². The monoisotopic (exact) mass is 690 g/mol. The minimum absolute atomic E-state index is 0.195. The first-order chi connectivity index (χ1) is 16.9. The molecule has 0 saturated heterocycles. The fraction of sp³-hybridized carbons (Fsp3) is 1.00. The van der Waals surface area contributed by atoms with E-state index in [1.807, 2.05) is 0 Å². The molecule has 0 aliphatic carbocycles. The van der Waals surface area contributed by atoms with E-state index < -0.39 is 66.8 Å². The summed E-state index contributed by atoms with van der Waals surface area (Å²) in [6, 6.07) is 0. The standard InChI is InChI=1S/2C4HF9O3S.C4H10O2/c2*5-2(6,7)1(3(8,9)10,4(11,12)13)17(14,15)16;5-3-1-2-4-6/h2*(H,14,15,16);5-6H,1-4H2. The van der Waals surface area contributed by atoms with E-state index in [9.17, 15) is 95.9 Å². The minimum atomic E-state index is -7.57. The van der Waals surface area contributed by atoms with Gasteiger partial charge in [0, 0.05) is 13.2 Å². The number of unbranched alkanes of at least 4 members (excludes halogenated alkanes) is 1. The third kappa shape index (κ3) is 8.51. The summed E-state index contributed by atoms with van der Waals surface area (Å²) in [5, 5.41) is 16.2. The highest BCUT2D eigenvalue weighted by molar-refractivity contribution is 7.87. The zero-order chi connectivity index (χ0) is 33.8. The molecule has 0 aromatic carbocycles. The highest BCUT2D eigenvalue weighted by Crippen LogP contribution is 2.58. The van der Waals surface area contributed by atoms with Crippen molar-refractivity contribution in [2.45, 2.75) is 59.4 Å². The van der Waals surface area contributed by atoms with E-state index in [4.69, 9.17) is 19.3 Å². The van der Waals surface area contributed by atoms with Crippen molar-refractivity contribution in [1.82, 2.24) is 0 Å². The van der Waals surface area contributed by atoms with Gasteiger partial charge in [-0.15, -0.1) is 0 Å². The second-order valence-electron chi connectivity index (χ2n) is 6.45. The molecule has 0 spiro atoms. The Morgan fingerprint density at radius 3 is 0.525 bits per heavy atom. The van der Waals surface area contributed by atoms with E-state index in [1.54, 1.807) is 0 Å². The Morgan fingerprint density at radius 2 is 0.500 bits per heavy atom. The molecular weight excluding hydrogens is 678 g/mol. The largest absolute Gasteiger partial charge is 0.428 e. The average Bonchev–Trinajstić information content (AvgIpc) is 2.50. The summed E-state index contributed by atoms with van der Waals surface area (Å²) >= 11 is 0. The third-order valence-corrected chi connectivity index (χ3v) is 6.67. The maximum atomic E-state index is 11.9. The van der Waals surface area contributed by atoms with E-state index in [0.717, 1.165) is 12.8 Å². The first-order valence-corrected chi connectivity index (χ1v) is 11.4. The number of halogens is 18. The Bertz CT molecular complexity index is 844. The third-order valence-electron chi connectivity index (χ3n) is 3.74. The maximum Gasteiger partial charge on any atom is 0.428 e. The fourth-order valence-electron chi connectivity index (χ4n) is 2.07. The molecule has 0 heterocycles. The number of rotatable bonds is 5. The Kier molecular flexibility index (Phi) is 13.7. The maximum absolute atomic E-state index is 11.9. The van der Waals surface area contributed by atoms with Crippen molar-refractivity contribution in [3.05, 3.63) is 0 Å². The van der Waals surface area contributed by atoms with E-state index in [-0.39, 0.29) is 13.2 Å². The molecule has 40 heavy (non-hydrogen) atoms. The zero-order valence-corrected chi connectivity index (χ0v) is 19.5. The highest BCUT2D eigenvalue weighted by atomic mass is 32.2. The van der Waals surface area contributed by atoms with Crippen LogP contribution in [0.5, 0.6) is 0 Å². The second kappa shape index (κ2) is 12.8. The van der Waals surface area contributed by atoms with Crippen LogP contribution in [0.25, 0.3) is 0 Å². The summed E-state index contributed by atoms with van der Waals surface area (Å²) in [6.45, 7) is 0.390. The van der Waals surface area contributed by atoms with Crippen LogP contribution < -0.4 is 0 Å². The molecule has 0 aliphatic heterocycles. The number of hydrogen-bond acceptors (Lipinski definition) is 6. The van der Waals surface area contributed by atoms with Crippen LogP contribution >= 0.6 is 0 Å². The van der Waals surface area contributed by atoms with Crippen LogP contribution in [0.15, 0.2) is 0 Å². The number of alkyl halides is 18. The zero-order valence-electron chi connectivity index (χ0n) is 17.9. The van der Waals surface area contributed by atoms with Crippen molar-refractivity contribution < 1.29 is 115 Å². The summed E-state index contributed by atoms with van der Waals surface area (Å²) < 4.78 is 255. The van der Waals surface area contributed by atoms with Crippen LogP contribution in [0.1, 0.15) is 12.8 Å². The summed E-state index contributed by atoms with van der Waals surface area (Å²) in [5.41, 5.74) is 0. The quantitative estimate of drug-likeness (QED) is 0.189. The molecule has 0 aromatic heterocycles. The van der Waals surface area contributed by atoms with Gasteiger partial charge >= 0.3 is 46.6 Å².